The first-order chi connectivity index (χ1) is 15.6. The number of anilines is 4. The van der Waals surface area contributed by atoms with E-state index in [9.17, 15) is 0 Å². The number of ether oxygens (including phenoxy) is 1. The van der Waals surface area contributed by atoms with Crippen LogP contribution in [0.3, 0.4) is 0 Å². The average Bonchev–Trinajstić information content (AvgIpc) is 2.82. The molecule has 2 N–H and O–H groups in total. The second kappa shape index (κ2) is 10.7. The Bertz CT molecular complexity index is 1030. The first kappa shape index (κ1) is 22.4. The van der Waals surface area contributed by atoms with Crippen LogP contribution in [-0.2, 0) is 6.42 Å². The van der Waals surface area contributed by atoms with E-state index in [1.54, 1.807) is 19.1 Å². The second-order valence-corrected chi connectivity index (χ2v) is 9.28. The highest BCUT2D eigenvalue weighted by molar-refractivity contribution is 7.97. The molecule has 1 aliphatic rings. The number of nitrogens with zero attached hydrogens (tertiary/aromatic N) is 3. The molecule has 168 valence electrons. The summed E-state index contributed by atoms with van der Waals surface area (Å²) in [7, 11) is 1.71. The molecule has 3 aromatic rings. The van der Waals surface area contributed by atoms with Crippen molar-refractivity contribution in [2.24, 2.45) is 5.92 Å². The van der Waals surface area contributed by atoms with E-state index in [1.165, 1.54) is 22.6 Å². The maximum absolute atomic E-state index is 5.39. The molecule has 0 fully saturated rings. The monoisotopic (exact) mass is 449 g/mol. The number of fused-ring (bicyclic) bond motifs is 1. The molecule has 2 heterocycles. The summed E-state index contributed by atoms with van der Waals surface area (Å²) < 4.78 is 8.81. The molecule has 32 heavy (non-hydrogen) atoms. The molecule has 7 heteroatoms. The maximum atomic E-state index is 5.39. The Morgan fingerprint density at radius 1 is 1.12 bits per heavy atom. The number of rotatable bonds is 9. The highest BCUT2D eigenvalue weighted by Gasteiger charge is 2.20. The number of hydrogen-bond donors (Lipinski definition) is 2. The summed E-state index contributed by atoms with van der Waals surface area (Å²) in [5, 5.41) is 3.34. The van der Waals surface area contributed by atoms with Crippen molar-refractivity contribution < 1.29 is 4.74 Å². The molecule has 0 aliphatic carbocycles. The minimum atomic E-state index is 0.596. The second-order valence-electron chi connectivity index (χ2n) is 8.32. The molecule has 0 unspecified atom stereocenters. The topological polar surface area (TPSA) is 62.3 Å². The molecule has 0 saturated heterocycles. The standard InChI is InChI=1S/C25H31N5OS/c1-18(2)12-15-27-32-22-9-6-20(7-10-22)28-25-26-14-13-24(29-25)30-16-4-5-19-17-21(31-3)8-11-23(19)30/h6-11,13-14,17-18,27H,4-5,12,15-16H2,1-3H3,(H,26,28,29). The van der Waals surface area contributed by atoms with Crippen molar-refractivity contribution >= 4 is 35.1 Å². The molecule has 4 rings (SSSR count). The van der Waals surface area contributed by atoms with Crippen LogP contribution in [0.5, 0.6) is 5.75 Å². The van der Waals surface area contributed by atoms with Gasteiger partial charge in [0.1, 0.15) is 11.6 Å². The Labute approximate surface area is 194 Å². The molecule has 0 atom stereocenters. The molecule has 1 aliphatic heterocycles. The first-order valence-corrected chi connectivity index (χ1v) is 12.0. The lowest BCUT2D eigenvalue weighted by atomic mass is 10.0. The van der Waals surface area contributed by atoms with Gasteiger partial charge in [-0.15, -0.1) is 0 Å². The van der Waals surface area contributed by atoms with Gasteiger partial charge in [-0.2, -0.15) is 4.98 Å². The van der Waals surface area contributed by atoms with Gasteiger partial charge in [0.15, 0.2) is 0 Å². The third kappa shape index (κ3) is 5.72. The van der Waals surface area contributed by atoms with E-state index in [4.69, 9.17) is 9.72 Å². The molecule has 0 spiro atoms. The molecular formula is C25H31N5OS. The first-order valence-electron chi connectivity index (χ1n) is 11.2. The summed E-state index contributed by atoms with van der Waals surface area (Å²) in [6.07, 6.45) is 5.12. The van der Waals surface area contributed by atoms with Crippen LogP contribution in [0.25, 0.3) is 0 Å². The van der Waals surface area contributed by atoms with E-state index < -0.39 is 0 Å². The van der Waals surface area contributed by atoms with Crippen LogP contribution >= 0.6 is 11.9 Å². The van der Waals surface area contributed by atoms with Gasteiger partial charge in [-0.1, -0.05) is 13.8 Å². The molecule has 0 radical (unpaired) electrons. The Morgan fingerprint density at radius 2 is 1.97 bits per heavy atom. The third-order valence-corrected chi connectivity index (χ3v) is 6.30. The normalized spacial score (nSPS) is 13.2. The Kier molecular flexibility index (Phi) is 7.50. The SMILES string of the molecule is COc1ccc2c(c1)CCCN2c1ccnc(Nc2ccc(SNCCC(C)C)cc2)n1. The zero-order valence-electron chi connectivity index (χ0n) is 19.0. The van der Waals surface area contributed by atoms with E-state index >= 15 is 0 Å². The number of hydrogen-bond acceptors (Lipinski definition) is 7. The van der Waals surface area contributed by atoms with Gasteiger partial charge in [-0.05, 0) is 91.2 Å². The smallest absolute Gasteiger partial charge is 0.229 e. The van der Waals surface area contributed by atoms with Gasteiger partial charge < -0.3 is 15.0 Å². The van der Waals surface area contributed by atoms with Gasteiger partial charge in [0.05, 0.1) is 7.11 Å². The van der Waals surface area contributed by atoms with Crippen LogP contribution in [0.15, 0.2) is 59.6 Å². The molecule has 0 bridgehead atoms. The molecule has 0 amide bonds. The van der Waals surface area contributed by atoms with E-state index in [-0.39, 0.29) is 0 Å². The fraction of sp³-hybridized carbons (Fsp3) is 0.360. The number of nitrogens with one attached hydrogen (secondary N) is 2. The van der Waals surface area contributed by atoms with Crippen molar-refractivity contribution in [1.82, 2.24) is 14.7 Å². The Hall–Kier alpha value is -2.77. The summed E-state index contributed by atoms with van der Waals surface area (Å²) in [5.74, 6) is 3.10. The average molecular weight is 450 g/mol. The van der Waals surface area contributed by atoms with Gasteiger partial charge >= 0.3 is 0 Å². The van der Waals surface area contributed by atoms with Crippen molar-refractivity contribution in [3.8, 4) is 5.75 Å². The molecule has 1 aromatic heterocycles. The van der Waals surface area contributed by atoms with Gasteiger partial charge in [-0.3, -0.25) is 4.72 Å². The van der Waals surface area contributed by atoms with E-state index in [0.29, 0.717) is 11.9 Å². The Morgan fingerprint density at radius 3 is 2.75 bits per heavy atom. The van der Waals surface area contributed by atoms with Crippen molar-refractivity contribution in [2.45, 2.75) is 38.0 Å². The quantitative estimate of drug-likeness (QED) is 0.309. The minimum Gasteiger partial charge on any atom is -0.497 e. The van der Waals surface area contributed by atoms with Crippen LogP contribution in [0.1, 0.15) is 32.3 Å². The lowest BCUT2D eigenvalue weighted by Gasteiger charge is -2.30. The summed E-state index contributed by atoms with van der Waals surface area (Å²) >= 11 is 1.67. The van der Waals surface area contributed by atoms with Crippen molar-refractivity contribution in [2.75, 3.05) is 30.4 Å². The molecule has 2 aromatic carbocycles. The van der Waals surface area contributed by atoms with Crippen LogP contribution in [-0.4, -0.2) is 30.2 Å². The maximum Gasteiger partial charge on any atom is 0.229 e. The fourth-order valence-electron chi connectivity index (χ4n) is 3.72. The highest BCUT2D eigenvalue weighted by atomic mass is 32.2. The van der Waals surface area contributed by atoms with E-state index in [1.807, 2.05) is 18.3 Å². The molecule has 6 nitrogen and oxygen atoms in total. The summed E-state index contributed by atoms with van der Waals surface area (Å²) in [6, 6.07) is 16.5. The van der Waals surface area contributed by atoms with E-state index in [0.717, 1.165) is 43.2 Å². The lowest BCUT2D eigenvalue weighted by molar-refractivity contribution is 0.414. The number of aromatic nitrogens is 2. The zero-order chi connectivity index (χ0) is 22.3. The predicted octanol–water partition coefficient (Wildman–Crippen LogP) is 5.96. The number of methoxy groups -OCH3 is 1. The minimum absolute atomic E-state index is 0.596. The zero-order valence-corrected chi connectivity index (χ0v) is 19.8. The largest absolute Gasteiger partial charge is 0.497 e. The van der Waals surface area contributed by atoms with Crippen LogP contribution in [0.4, 0.5) is 23.1 Å². The van der Waals surface area contributed by atoms with E-state index in [2.05, 4.69) is 70.2 Å². The third-order valence-electron chi connectivity index (χ3n) is 5.45. The van der Waals surface area contributed by atoms with Crippen LogP contribution in [0.2, 0.25) is 0 Å². The van der Waals surface area contributed by atoms with Crippen LogP contribution < -0.4 is 19.7 Å². The van der Waals surface area contributed by atoms with Gasteiger partial charge in [-0.25, -0.2) is 4.98 Å². The summed E-state index contributed by atoms with van der Waals surface area (Å²) in [6.45, 7) is 6.43. The predicted molar refractivity (Wildman–Crippen MR) is 133 cm³/mol. The Balaban J connectivity index is 1.42. The van der Waals surface area contributed by atoms with Crippen LogP contribution in [0, 0.1) is 5.92 Å². The lowest BCUT2D eigenvalue weighted by Crippen LogP contribution is -2.25. The van der Waals surface area contributed by atoms with Gasteiger partial charge in [0.25, 0.3) is 0 Å². The summed E-state index contributed by atoms with van der Waals surface area (Å²) in [4.78, 5) is 12.7. The van der Waals surface area contributed by atoms with Crippen molar-refractivity contribution in [1.29, 1.82) is 0 Å². The fourth-order valence-corrected chi connectivity index (χ4v) is 4.37. The summed E-state index contributed by atoms with van der Waals surface area (Å²) in [5.41, 5.74) is 3.45. The van der Waals surface area contributed by atoms with Gasteiger partial charge in [0.2, 0.25) is 5.95 Å². The van der Waals surface area contributed by atoms with Gasteiger partial charge in [0, 0.05) is 35.6 Å². The number of benzene rings is 2. The molecule has 0 saturated carbocycles. The van der Waals surface area contributed by atoms with Crippen molar-refractivity contribution in [3.63, 3.8) is 0 Å². The number of aryl methyl sites for hydroxylation is 1. The highest BCUT2D eigenvalue weighted by Crippen LogP contribution is 2.35. The molecular weight excluding hydrogens is 418 g/mol. The van der Waals surface area contributed by atoms with Crippen molar-refractivity contribution in [3.05, 3.63) is 60.3 Å².